The van der Waals surface area contributed by atoms with E-state index < -0.39 is 50.9 Å². The maximum absolute atomic E-state index is 14.4. The van der Waals surface area contributed by atoms with Crippen LogP contribution in [0.2, 0.25) is 11.4 Å². The van der Waals surface area contributed by atoms with Crippen LogP contribution in [0.5, 0.6) is 5.75 Å². The fourth-order valence-electron chi connectivity index (χ4n) is 9.44. The summed E-state index contributed by atoms with van der Waals surface area (Å²) in [4.78, 5) is 30.1. The summed E-state index contributed by atoms with van der Waals surface area (Å²) in [6.07, 6.45) is 4.73. The van der Waals surface area contributed by atoms with Gasteiger partial charge in [0.25, 0.3) is 8.32 Å². The molecule has 0 radical (unpaired) electrons. The number of carbonyl (C=O) groups is 2. The summed E-state index contributed by atoms with van der Waals surface area (Å²) in [5.41, 5.74) is 4.20. The van der Waals surface area contributed by atoms with Gasteiger partial charge < -0.3 is 19.2 Å². The number of nitrogens with zero attached hydrogens (tertiary/aromatic N) is 1. The van der Waals surface area contributed by atoms with E-state index in [1.165, 1.54) is 17.0 Å². The lowest BCUT2D eigenvalue weighted by molar-refractivity contribution is -0.122. The lowest BCUT2D eigenvalue weighted by atomic mass is 9.58. The third-order valence-corrected chi connectivity index (χ3v) is 16.8. The molecule has 3 aliphatic rings. The number of imide groups is 1. The van der Waals surface area contributed by atoms with Gasteiger partial charge in [0.2, 0.25) is 11.8 Å². The number of amides is 2. The first-order valence-corrected chi connectivity index (χ1v) is 21.7. The number of fused-ring (bicyclic) bond motifs is 3. The number of phenolic OH excluding ortho intramolecular Hbond substituents is 1. The fourth-order valence-corrected chi connectivity index (χ4v) is 14.0. The van der Waals surface area contributed by atoms with Gasteiger partial charge in [0, 0.05) is 0 Å². The number of aromatic hydroxyl groups is 1. The number of halogens is 1. The normalized spacial score (nSPS) is 21.7. The zero-order valence-corrected chi connectivity index (χ0v) is 33.7. The molecule has 0 aromatic heterocycles. The molecule has 56 heavy (non-hydrogen) atoms. The van der Waals surface area contributed by atoms with Crippen molar-refractivity contribution in [3.63, 3.8) is 0 Å². The van der Waals surface area contributed by atoms with Gasteiger partial charge in [-0.15, -0.1) is 0 Å². The first-order chi connectivity index (χ1) is 26.9. The summed E-state index contributed by atoms with van der Waals surface area (Å²) in [5.74, 6) is -3.19. The number of rotatable bonds is 12. The maximum atomic E-state index is 14.4. The molecule has 4 aromatic rings. The minimum atomic E-state index is -3.00. The lowest BCUT2D eigenvalue weighted by Crippen LogP contribution is -2.66. The standard InChI is InChI=1S/C46H51BFNO6Si/c1-5-15-31(26-32-22-24-40(50)39(48)27-32)23-25-41-42-33(30-54-56(46(2,3)4,35-18-11-7-12-19-35)36-20-13-8-14-21-36)28-37-43(38(42)29-47(53)55-41)45(52)49(44(37)51)34-16-9-6-10-17-34/h6-14,16-22,24,26-27,37-38,41,43,50,53H,5,15,23,25,28-30H2,1-4H3/b31-26+/t37-,38+,41-,43-/m1/s1. The van der Waals surface area contributed by atoms with Crippen molar-refractivity contribution in [2.75, 3.05) is 11.5 Å². The van der Waals surface area contributed by atoms with Crippen molar-refractivity contribution >= 4 is 49.4 Å². The summed E-state index contributed by atoms with van der Waals surface area (Å²) in [6, 6.07) is 34.3. The lowest BCUT2D eigenvalue weighted by Gasteiger charge is -2.46. The molecule has 2 N–H and O–H groups in total. The van der Waals surface area contributed by atoms with Crippen LogP contribution < -0.4 is 15.3 Å². The predicted molar refractivity (Wildman–Crippen MR) is 222 cm³/mol. The van der Waals surface area contributed by atoms with Crippen LogP contribution in [-0.4, -0.2) is 50.1 Å². The number of carbonyl (C=O) groups excluding carboxylic acids is 2. The molecular formula is C46H51BFNO6Si. The molecule has 0 unspecified atom stereocenters. The van der Waals surface area contributed by atoms with E-state index in [4.69, 9.17) is 9.08 Å². The Morgan fingerprint density at radius 1 is 0.911 bits per heavy atom. The first-order valence-electron chi connectivity index (χ1n) is 19.8. The van der Waals surface area contributed by atoms with Crippen LogP contribution in [0.1, 0.15) is 65.4 Å². The van der Waals surface area contributed by atoms with Crippen molar-refractivity contribution in [2.24, 2.45) is 17.8 Å². The quantitative estimate of drug-likeness (QED) is 0.0860. The smallest absolute Gasteiger partial charge is 0.455 e. The molecule has 2 heterocycles. The summed E-state index contributed by atoms with van der Waals surface area (Å²) >= 11 is 0. The average molecular weight is 772 g/mol. The number of hydrogen-bond donors (Lipinski definition) is 2. The SMILES string of the molecule is CCC/C(=C\c1ccc(O)c(F)c1)CC[C@H]1OB(O)C[C@H]2C1=C(CO[Si](c1ccccc1)(c1ccccc1)C(C)(C)C)C[C@H]1C(=O)N(c3ccccc3)C(=O)[C@H]12. The number of anilines is 1. The number of para-hydroxylation sites is 1. The predicted octanol–water partition coefficient (Wildman–Crippen LogP) is 8.07. The van der Waals surface area contributed by atoms with Crippen LogP contribution in [-0.2, 0) is 18.7 Å². The molecule has 0 bridgehead atoms. The molecule has 10 heteroatoms. The first kappa shape index (κ1) is 39.6. The Kier molecular flexibility index (Phi) is 11.7. The molecule has 4 atom stereocenters. The molecule has 2 fully saturated rings. The van der Waals surface area contributed by atoms with Crippen molar-refractivity contribution < 1.29 is 33.2 Å². The minimum absolute atomic E-state index is 0.196. The largest absolute Gasteiger partial charge is 0.505 e. The van der Waals surface area contributed by atoms with E-state index in [2.05, 4.69) is 76.2 Å². The Morgan fingerprint density at radius 3 is 2.12 bits per heavy atom. The van der Waals surface area contributed by atoms with Gasteiger partial charge in [-0.05, 0) is 94.3 Å². The van der Waals surface area contributed by atoms with Crippen LogP contribution in [0.4, 0.5) is 10.1 Å². The summed E-state index contributed by atoms with van der Waals surface area (Å²) in [7, 11) is -4.12. The second-order valence-electron chi connectivity index (χ2n) is 16.4. The molecule has 7 rings (SSSR count). The van der Waals surface area contributed by atoms with Crippen LogP contribution in [0.15, 0.2) is 126 Å². The highest BCUT2D eigenvalue weighted by atomic mass is 28.4. The molecule has 7 nitrogen and oxygen atoms in total. The van der Waals surface area contributed by atoms with E-state index in [0.717, 1.165) is 39.9 Å². The van der Waals surface area contributed by atoms with Crippen LogP contribution in [0, 0.1) is 23.6 Å². The van der Waals surface area contributed by atoms with Gasteiger partial charge in [0.15, 0.2) is 11.6 Å². The van der Waals surface area contributed by atoms with Crippen molar-refractivity contribution in [3.05, 3.63) is 137 Å². The third kappa shape index (κ3) is 7.60. The van der Waals surface area contributed by atoms with E-state index >= 15 is 0 Å². The molecular weight excluding hydrogens is 720 g/mol. The second-order valence-corrected chi connectivity index (χ2v) is 20.7. The van der Waals surface area contributed by atoms with E-state index in [1.807, 2.05) is 36.4 Å². The summed E-state index contributed by atoms with van der Waals surface area (Å²) in [6.45, 7) is 9.04. The molecule has 0 spiro atoms. The van der Waals surface area contributed by atoms with E-state index in [0.29, 0.717) is 30.5 Å². The van der Waals surface area contributed by atoms with Gasteiger partial charge in [-0.1, -0.05) is 131 Å². The molecule has 290 valence electrons. The van der Waals surface area contributed by atoms with Crippen molar-refractivity contribution in [1.29, 1.82) is 0 Å². The number of phenols is 1. The van der Waals surface area contributed by atoms with Crippen LogP contribution in [0.3, 0.4) is 0 Å². The summed E-state index contributed by atoms with van der Waals surface area (Å²) in [5, 5.41) is 23.1. The number of allylic oxidation sites excluding steroid dienone is 1. The highest BCUT2D eigenvalue weighted by molar-refractivity contribution is 6.99. The van der Waals surface area contributed by atoms with Gasteiger partial charge in [0.1, 0.15) is 0 Å². The van der Waals surface area contributed by atoms with E-state index in [-0.39, 0.29) is 29.8 Å². The number of hydrogen-bond acceptors (Lipinski definition) is 6. The molecule has 2 amide bonds. The van der Waals surface area contributed by atoms with Gasteiger partial charge in [0.05, 0.1) is 30.2 Å². The van der Waals surface area contributed by atoms with Gasteiger partial charge >= 0.3 is 7.12 Å². The zero-order chi connectivity index (χ0) is 39.6. The molecule has 2 saturated heterocycles. The molecule has 1 aliphatic carbocycles. The maximum Gasteiger partial charge on any atom is 0.455 e. The Morgan fingerprint density at radius 2 is 1.54 bits per heavy atom. The van der Waals surface area contributed by atoms with Crippen molar-refractivity contribution in [3.8, 4) is 5.75 Å². The van der Waals surface area contributed by atoms with Gasteiger partial charge in [-0.2, -0.15) is 0 Å². The zero-order valence-electron chi connectivity index (χ0n) is 32.7. The number of benzene rings is 4. The monoisotopic (exact) mass is 771 g/mol. The summed E-state index contributed by atoms with van der Waals surface area (Å²) < 4.78 is 28.2. The topological polar surface area (TPSA) is 96.3 Å². The molecule has 4 aromatic carbocycles. The van der Waals surface area contributed by atoms with Gasteiger partial charge in [-0.25, -0.2) is 4.39 Å². The third-order valence-electron chi connectivity index (χ3n) is 11.8. The fraction of sp³-hybridized carbons (Fsp3) is 0.348. The average Bonchev–Trinajstić information content (AvgIpc) is 3.44. The van der Waals surface area contributed by atoms with Crippen LogP contribution in [0.25, 0.3) is 6.08 Å². The van der Waals surface area contributed by atoms with Gasteiger partial charge in [-0.3, -0.25) is 14.5 Å². The van der Waals surface area contributed by atoms with Crippen molar-refractivity contribution in [2.45, 2.75) is 77.3 Å². The van der Waals surface area contributed by atoms with E-state index in [1.54, 1.807) is 18.2 Å². The Labute approximate surface area is 331 Å². The Bertz CT molecular complexity index is 2060. The van der Waals surface area contributed by atoms with Crippen molar-refractivity contribution in [1.82, 2.24) is 0 Å². The highest BCUT2D eigenvalue weighted by Gasteiger charge is 2.58. The van der Waals surface area contributed by atoms with E-state index in [9.17, 15) is 24.1 Å². The Balaban J connectivity index is 1.31. The second kappa shape index (κ2) is 16.5. The van der Waals surface area contributed by atoms with Crippen LogP contribution >= 0.6 is 0 Å². The molecule has 0 saturated carbocycles. The highest BCUT2D eigenvalue weighted by Crippen LogP contribution is 2.52. The Hall–Kier alpha value is -4.61. The molecule has 2 aliphatic heterocycles. The minimum Gasteiger partial charge on any atom is -0.505 e.